The number of benzene rings is 2. The van der Waals surface area contributed by atoms with Crippen molar-refractivity contribution < 1.29 is 14.3 Å². The van der Waals surface area contributed by atoms with Gasteiger partial charge in [-0.15, -0.1) is 0 Å². The minimum Gasteiger partial charge on any atom is -0.426 e. The van der Waals surface area contributed by atoms with Gasteiger partial charge >= 0.3 is 5.97 Å². The molecule has 27 heavy (non-hydrogen) atoms. The third-order valence-electron chi connectivity index (χ3n) is 4.68. The van der Waals surface area contributed by atoms with Crippen LogP contribution in [-0.2, 0) is 9.59 Å². The largest absolute Gasteiger partial charge is 0.426 e. The van der Waals surface area contributed by atoms with Gasteiger partial charge in [-0.05, 0) is 42.2 Å². The zero-order valence-electron chi connectivity index (χ0n) is 15.5. The maximum atomic E-state index is 12.7. The molecule has 142 valence electrons. The Morgan fingerprint density at radius 2 is 1.96 bits per heavy atom. The van der Waals surface area contributed by atoms with Crippen LogP contribution < -0.4 is 9.64 Å². The number of anilines is 1. The van der Waals surface area contributed by atoms with Crippen molar-refractivity contribution in [2.75, 3.05) is 11.4 Å². The molecule has 0 bridgehead atoms. The molecule has 0 radical (unpaired) electrons. The van der Waals surface area contributed by atoms with Crippen LogP contribution in [0.2, 0.25) is 10.0 Å². The van der Waals surface area contributed by atoms with Gasteiger partial charge in [-0.25, -0.2) is 0 Å². The van der Waals surface area contributed by atoms with E-state index in [2.05, 4.69) is 0 Å². The number of ether oxygens (including phenoxy) is 1. The van der Waals surface area contributed by atoms with Crippen molar-refractivity contribution in [3.8, 4) is 5.75 Å². The lowest BCUT2D eigenvalue weighted by Gasteiger charge is -2.19. The molecule has 0 aliphatic carbocycles. The molecular weight excluding hydrogens is 385 g/mol. The van der Waals surface area contributed by atoms with Crippen molar-refractivity contribution in [2.24, 2.45) is 5.92 Å². The quantitative estimate of drug-likeness (QED) is 0.506. The summed E-state index contributed by atoms with van der Waals surface area (Å²) >= 11 is 12.3. The molecule has 0 unspecified atom stereocenters. The molecule has 1 amide bonds. The van der Waals surface area contributed by atoms with Gasteiger partial charge in [0.05, 0.1) is 21.7 Å². The van der Waals surface area contributed by atoms with Gasteiger partial charge < -0.3 is 9.64 Å². The molecular formula is C21H21Cl2NO3. The van der Waals surface area contributed by atoms with E-state index in [9.17, 15) is 9.59 Å². The van der Waals surface area contributed by atoms with E-state index < -0.39 is 11.9 Å². The van der Waals surface area contributed by atoms with Crippen molar-refractivity contribution in [2.45, 2.75) is 33.1 Å². The van der Waals surface area contributed by atoms with Crippen LogP contribution in [0.25, 0.3) is 0 Å². The Labute approximate surface area is 169 Å². The van der Waals surface area contributed by atoms with E-state index in [0.717, 1.165) is 11.1 Å². The Morgan fingerprint density at radius 1 is 1.22 bits per heavy atom. The van der Waals surface area contributed by atoms with Gasteiger partial charge in [0, 0.05) is 13.0 Å². The van der Waals surface area contributed by atoms with Gasteiger partial charge in [-0.3, -0.25) is 9.59 Å². The maximum Gasteiger partial charge on any atom is 0.316 e. The molecule has 1 heterocycles. The fourth-order valence-corrected chi connectivity index (χ4v) is 3.60. The number of amides is 1. The van der Waals surface area contributed by atoms with Crippen LogP contribution >= 0.6 is 23.2 Å². The second-order valence-electron chi connectivity index (χ2n) is 7.10. The van der Waals surface area contributed by atoms with Crippen LogP contribution in [0.15, 0.2) is 36.4 Å². The fraction of sp³-hybridized carbons (Fsp3) is 0.333. The minimum atomic E-state index is -0.548. The van der Waals surface area contributed by atoms with Gasteiger partial charge in [0.2, 0.25) is 5.91 Å². The van der Waals surface area contributed by atoms with E-state index in [1.54, 1.807) is 18.2 Å². The second kappa shape index (κ2) is 7.91. The fourth-order valence-electron chi connectivity index (χ4n) is 3.20. The predicted molar refractivity (Wildman–Crippen MR) is 108 cm³/mol. The lowest BCUT2D eigenvalue weighted by Crippen LogP contribution is -2.27. The average Bonchev–Trinajstić information content (AvgIpc) is 2.99. The Kier molecular flexibility index (Phi) is 5.78. The molecule has 2 aromatic carbocycles. The summed E-state index contributed by atoms with van der Waals surface area (Å²) in [5.74, 6) is -0.346. The van der Waals surface area contributed by atoms with E-state index in [-0.39, 0.29) is 24.8 Å². The first-order chi connectivity index (χ1) is 12.8. The third-order valence-corrected chi connectivity index (χ3v) is 5.49. The number of rotatable bonds is 4. The van der Waals surface area contributed by atoms with Crippen molar-refractivity contribution >= 4 is 40.8 Å². The molecule has 6 heteroatoms. The van der Waals surface area contributed by atoms with Crippen LogP contribution in [0.4, 0.5) is 5.69 Å². The molecule has 1 saturated heterocycles. The summed E-state index contributed by atoms with van der Waals surface area (Å²) in [6, 6.07) is 10.9. The summed E-state index contributed by atoms with van der Waals surface area (Å²) in [5, 5.41) is 0.677. The summed E-state index contributed by atoms with van der Waals surface area (Å²) in [6.45, 7) is 6.26. The standard InChI is InChI=1S/C21H21Cl2NO3/c1-12(2)15-8-7-13(3)9-18(15)27-21(26)14-10-19(25)24(11-14)17-6-4-5-16(22)20(17)23/h4-9,12,14H,10-11H2,1-3H3/t14-/m1/s1. The Balaban J connectivity index is 1.79. The van der Waals surface area contributed by atoms with E-state index in [0.29, 0.717) is 21.5 Å². The molecule has 0 aromatic heterocycles. The smallest absolute Gasteiger partial charge is 0.316 e. The third kappa shape index (κ3) is 4.12. The molecule has 1 fully saturated rings. The van der Waals surface area contributed by atoms with Crippen LogP contribution in [-0.4, -0.2) is 18.4 Å². The number of halogens is 2. The van der Waals surface area contributed by atoms with Gasteiger partial charge in [0.25, 0.3) is 0 Å². The maximum absolute atomic E-state index is 12.7. The van der Waals surface area contributed by atoms with Crippen LogP contribution in [0.3, 0.4) is 0 Å². The molecule has 2 aromatic rings. The van der Waals surface area contributed by atoms with Gasteiger partial charge in [0.15, 0.2) is 0 Å². The number of carbonyl (C=O) groups excluding carboxylic acids is 2. The predicted octanol–water partition coefficient (Wildman–Crippen LogP) is 5.38. The van der Waals surface area contributed by atoms with Crippen LogP contribution in [0, 0.1) is 12.8 Å². The van der Waals surface area contributed by atoms with Gasteiger partial charge in [-0.2, -0.15) is 0 Å². The first kappa shape index (κ1) is 19.7. The minimum absolute atomic E-state index is 0.0878. The number of aryl methyl sites for hydroxylation is 1. The molecule has 1 aliphatic rings. The molecule has 4 nitrogen and oxygen atoms in total. The molecule has 0 saturated carbocycles. The van der Waals surface area contributed by atoms with Crippen molar-refractivity contribution in [1.82, 2.24) is 0 Å². The van der Waals surface area contributed by atoms with Gasteiger partial charge in [0.1, 0.15) is 5.75 Å². The number of hydrogen-bond acceptors (Lipinski definition) is 3. The topological polar surface area (TPSA) is 46.6 Å². The Hall–Kier alpha value is -2.04. The average molecular weight is 406 g/mol. The lowest BCUT2D eigenvalue weighted by molar-refractivity contribution is -0.139. The van der Waals surface area contributed by atoms with Crippen molar-refractivity contribution in [3.63, 3.8) is 0 Å². The SMILES string of the molecule is Cc1ccc(C(C)C)c(OC(=O)[C@@H]2CC(=O)N(c3cccc(Cl)c3Cl)C2)c1. The van der Waals surface area contributed by atoms with E-state index in [4.69, 9.17) is 27.9 Å². The normalized spacial score (nSPS) is 16.9. The van der Waals surface area contributed by atoms with Crippen molar-refractivity contribution in [1.29, 1.82) is 0 Å². The summed E-state index contributed by atoms with van der Waals surface area (Å²) in [5.41, 5.74) is 2.49. The highest BCUT2D eigenvalue weighted by atomic mass is 35.5. The summed E-state index contributed by atoms with van der Waals surface area (Å²) < 4.78 is 5.68. The molecule has 1 aliphatic heterocycles. The van der Waals surface area contributed by atoms with E-state index in [1.807, 2.05) is 39.0 Å². The molecule has 0 spiro atoms. The first-order valence-corrected chi connectivity index (χ1v) is 9.60. The van der Waals surface area contributed by atoms with Crippen LogP contribution in [0.1, 0.15) is 37.3 Å². The molecule has 1 atom stereocenters. The monoisotopic (exact) mass is 405 g/mol. The number of carbonyl (C=O) groups is 2. The second-order valence-corrected chi connectivity index (χ2v) is 7.88. The number of hydrogen-bond donors (Lipinski definition) is 0. The van der Waals surface area contributed by atoms with Gasteiger partial charge in [-0.1, -0.05) is 55.2 Å². The lowest BCUT2D eigenvalue weighted by atomic mass is 10.0. The highest BCUT2D eigenvalue weighted by Gasteiger charge is 2.37. The van der Waals surface area contributed by atoms with E-state index in [1.165, 1.54) is 4.90 Å². The zero-order chi connectivity index (χ0) is 19.7. The molecule has 3 rings (SSSR count). The summed E-state index contributed by atoms with van der Waals surface area (Å²) in [4.78, 5) is 26.7. The first-order valence-electron chi connectivity index (χ1n) is 8.84. The van der Waals surface area contributed by atoms with E-state index >= 15 is 0 Å². The zero-order valence-corrected chi connectivity index (χ0v) is 17.0. The van der Waals surface area contributed by atoms with Crippen molar-refractivity contribution in [3.05, 3.63) is 57.6 Å². The Morgan fingerprint density at radius 3 is 2.67 bits per heavy atom. The molecule has 0 N–H and O–H groups in total. The highest BCUT2D eigenvalue weighted by molar-refractivity contribution is 6.44. The summed E-state index contributed by atoms with van der Waals surface area (Å²) in [6.07, 6.45) is 0.0878. The number of nitrogens with zero attached hydrogens (tertiary/aromatic N) is 1. The number of esters is 1. The highest BCUT2D eigenvalue weighted by Crippen LogP contribution is 2.36. The summed E-state index contributed by atoms with van der Waals surface area (Å²) in [7, 11) is 0. The van der Waals surface area contributed by atoms with Crippen LogP contribution in [0.5, 0.6) is 5.75 Å². The Bertz CT molecular complexity index is 895.